The van der Waals surface area contributed by atoms with Gasteiger partial charge >= 0.3 is 5.97 Å². The lowest BCUT2D eigenvalue weighted by molar-refractivity contribution is -0.152. The van der Waals surface area contributed by atoms with E-state index < -0.39 is 36.2 Å². The Balaban J connectivity index is 1.86. The smallest absolute Gasteiger partial charge is 0.326 e. The molecule has 0 radical (unpaired) electrons. The summed E-state index contributed by atoms with van der Waals surface area (Å²) in [5.74, 6) is -2.98. The maximum absolute atomic E-state index is 13.5. The third-order valence-corrected chi connectivity index (χ3v) is 3.94. The first-order valence-electron chi connectivity index (χ1n) is 7.76. The van der Waals surface area contributed by atoms with E-state index in [1.165, 1.54) is 37.3 Å². The molecule has 0 bridgehead atoms. The van der Waals surface area contributed by atoms with Crippen LogP contribution < -0.4 is 10.6 Å². The van der Waals surface area contributed by atoms with Crippen LogP contribution in [0, 0.1) is 5.82 Å². The number of carbonyl (C=O) groups excluding carboxylic acids is 3. The van der Waals surface area contributed by atoms with Crippen LogP contribution in [0.25, 0.3) is 0 Å². The fourth-order valence-corrected chi connectivity index (χ4v) is 2.35. The number of amides is 2. The molecule has 142 valence electrons. The molecule has 0 heterocycles. The van der Waals surface area contributed by atoms with Crippen molar-refractivity contribution in [3.63, 3.8) is 0 Å². The molecule has 2 N–H and O–H groups in total. The molecule has 0 spiro atoms. The van der Waals surface area contributed by atoms with Crippen LogP contribution in [0.5, 0.6) is 0 Å². The maximum atomic E-state index is 13.5. The molecule has 0 aliphatic carbocycles. The number of halogens is 3. The van der Waals surface area contributed by atoms with Crippen LogP contribution in [0.15, 0.2) is 42.5 Å². The normalized spacial score (nSPS) is 11.4. The van der Waals surface area contributed by atoms with Crippen molar-refractivity contribution < 1.29 is 23.5 Å². The quantitative estimate of drug-likeness (QED) is 0.711. The van der Waals surface area contributed by atoms with E-state index >= 15 is 0 Å². The van der Waals surface area contributed by atoms with Crippen LogP contribution in [0.2, 0.25) is 10.0 Å². The minimum absolute atomic E-state index is 0.202. The van der Waals surface area contributed by atoms with Crippen molar-refractivity contribution in [2.24, 2.45) is 0 Å². The van der Waals surface area contributed by atoms with E-state index in [0.29, 0.717) is 5.02 Å². The number of ether oxygens (including phenoxy) is 1. The van der Waals surface area contributed by atoms with Gasteiger partial charge in [-0.1, -0.05) is 35.3 Å². The molecular formula is C18H15Cl2FN2O4. The second kappa shape index (κ2) is 9.34. The molecule has 0 saturated heterocycles. The van der Waals surface area contributed by atoms with Gasteiger partial charge in [-0.25, -0.2) is 4.39 Å². The summed E-state index contributed by atoms with van der Waals surface area (Å²) in [6.45, 7) is 0.826. The average molecular weight is 413 g/mol. The lowest BCUT2D eigenvalue weighted by Gasteiger charge is -2.14. The highest BCUT2D eigenvalue weighted by atomic mass is 35.5. The topological polar surface area (TPSA) is 84.5 Å². The first-order valence-corrected chi connectivity index (χ1v) is 8.51. The van der Waals surface area contributed by atoms with Crippen LogP contribution in [0.4, 0.5) is 10.1 Å². The van der Waals surface area contributed by atoms with Crippen molar-refractivity contribution in [1.82, 2.24) is 5.32 Å². The summed E-state index contributed by atoms with van der Waals surface area (Å²) in [5, 5.41) is 5.35. The van der Waals surface area contributed by atoms with Crippen molar-refractivity contribution in [2.75, 3.05) is 11.9 Å². The Hall–Kier alpha value is -2.64. The number of anilines is 1. The first kappa shape index (κ1) is 20.7. The molecule has 2 amide bonds. The molecule has 0 saturated carbocycles. The minimum atomic E-state index is -1.15. The SMILES string of the molecule is CC(OC(=O)CNC(=O)c1ccccc1F)C(=O)Nc1cc(Cl)ccc1Cl. The Morgan fingerprint density at radius 3 is 2.56 bits per heavy atom. The second-order valence-corrected chi connectivity index (χ2v) is 6.25. The van der Waals surface area contributed by atoms with Crippen molar-refractivity contribution in [3.05, 3.63) is 63.9 Å². The molecule has 0 aromatic heterocycles. The molecule has 6 nitrogen and oxygen atoms in total. The van der Waals surface area contributed by atoms with Gasteiger partial charge in [-0.2, -0.15) is 0 Å². The number of nitrogens with one attached hydrogen (secondary N) is 2. The Kier molecular flexibility index (Phi) is 7.15. The summed E-state index contributed by atoms with van der Waals surface area (Å²) in [7, 11) is 0. The number of carbonyl (C=O) groups is 3. The number of rotatable bonds is 6. The summed E-state index contributed by atoms with van der Waals surface area (Å²) in [6, 6.07) is 9.85. The van der Waals surface area contributed by atoms with E-state index in [-0.39, 0.29) is 16.3 Å². The summed E-state index contributed by atoms with van der Waals surface area (Å²) >= 11 is 11.8. The van der Waals surface area contributed by atoms with Crippen molar-refractivity contribution in [3.8, 4) is 0 Å². The van der Waals surface area contributed by atoms with Crippen molar-refractivity contribution in [1.29, 1.82) is 0 Å². The van der Waals surface area contributed by atoms with Gasteiger partial charge in [-0.05, 0) is 37.3 Å². The standard InChI is InChI=1S/C18H15Cl2FN2O4/c1-10(17(25)23-15-8-11(19)6-7-13(15)20)27-16(24)9-22-18(26)12-4-2-3-5-14(12)21/h2-8,10H,9H2,1H3,(H,22,26)(H,23,25). The van der Waals surface area contributed by atoms with E-state index in [0.717, 1.165) is 6.07 Å². The van der Waals surface area contributed by atoms with Crippen LogP contribution >= 0.6 is 23.2 Å². The van der Waals surface area contributed by atoms with E-state index in [1.54, 1.807) is 6.07 Å². The molecule has 27 heavy (non-hydrogen) atoms. The van der Waals surface area contributed by atoms with Gasteiger partial charge in [0.05, 0.1) is 16.3 Å². The van der Waals surface area contributed by atoms with Gasteiger partial charge in [0.2, 0.25) is 0 Å². The second-order valence-electron chi connectivity index (χ2n) is 5.41. The Morgan fingerprint density at radius 2 is 1.85 bits per heavy atom. The lowest BCUT2D eigenvalue weighted by Crippen LogP contribution is -2.36. The summed E-state index contributed by atoms with van der Waals surface area (Å²) < 4.78 is 18.4. The molecule has 0 aliphatic rings. The first-order chi connectivity index (χ1) is 12.8. The van der Waals surface area contributed by atoms with Gasteiger partial charge in [-0.3, -0.25) is 14.4 Å². The monoisotopic (exact) mass is 412 g/mol. The Bertz CT molecular complexity index is 876. The third kappa shape index (κ3) is 5.94. The van der Waals surface area contributed by atoms with E-state index in [1.807, 2.05) is 0 Å². The zero-order valence-electron chi connectivity index (χ0n) is 14.1. The van der Waals surface area contributed by atoms with Gasteiger partial charge in [0, 0.05) is 5.02 Å². The molecule has 0 fully saturated rings. The van der Waals surface area contributed by atoms with Crippen LogP contribution in [-0.2, 0) is 14.3 Å². The molecule has 1 atom stereocenters. The highest BCUT2D eigenvalue weighted by molar-refractivity contribution is 6.35. The van der Waals surface area contributed by atoms with Gasteiger partial charge in [0.25, 0.3) is 11.8 Å². The zero-order chi connectivity index (χ0) is 20.0. The predicted octanol–water partition coefficient (Wildman–Crippen LogP) is 3.43. The molecule has 2 aromatic rings. The largest absolute Gasteiger partial charge is 0.451 e. The molecule has 9 heteroatoms. The van der Waals surface area contributed by atoms with E-state index in [2.05, 4.69) is 10.6 Å². The fourth-order valence-electron chi connectivity index (χ4n) is 2.01. The van der Waals surface area contributed by atoms with Crippen LogP contribution in [0.1, 0.15) is 17.3 Å². The van der Waals surface area contributed by atoms with Crippen LogP contribution in [0.3, 0.4) is 0 Å². The van der Waals surface area contributed by atoms with Crippen molar-refractivity contribution >= 4 is 46.7 Å². The van der Waals surface area contributed by atoms with Gasteiger partial charge in [0.1, 0.15) is 12.4 Å². The molecule has 2 aromatic carbocycles. The zero-order valence-corrected chi connectivity index (χ0v) is 15.6. The molecule has 0 aliphatic heterocycles. The highest BCUT2D eigenvalue weighted by Crippen LogP contribution is 2.25. The Morgan fingerprint density at radius 1 is 1.15 bits per heavy atom. The number of hydrogen-bond acceptors (Lipinski definition) is 4. The molecule has 1 unspecified atom stereocenters. The van der Waals surface area contributed by atoms with E-state index in [9.17, 15) is 18.8 Å². The summed E-state index contributed by atoms with van der Waals surface area (Å²) in [4.78, 5) is 35.7. The summed E-state index contributed by atoms with van der Waals surface area (Å²) in [6.07, 6.45) is -1.15. The third-order valence-electron chi connectivity index (χ3n) is 3.38. The molecular weight excluding hydrogens is 398 g/mol. The number of hydrogen-bond donors (Lipinski definition) is 2. The summed E-state index contributed by atoms with van der Waals surface area (Å²) in [5.41, 5.74) is 0.0663. The minimum Gasteiger partial charge on any atom is -0.451 e. The number of benzene rings is 2. The maximum Gasteiger partial charge on any atom is 0.326 e. The number of esters is 1. The van der Waals surface area contributed by atoms with Crippen molar-refractivity contribution in [2.45, 2.75) is 13.0 Å². The van der Waals surface area contributed by atoms with Crippen LogP contribution in [-0.4, -0.2) is 30.4 Å². The van der Waals surface area contributed by atoms with E-state index in [4.69, 9.17) is 27.9 Å². The van der Waals surface area contributed by atoms with Gasteiger partial charge in [0.15, 0.2) is 6.10 Å². The Labute approximate surface area is 164 Å². The lowest BCUT2D eigenvalue weighted by atomic mass is 10.2. The average Bonchev–Trinajstić information content (AvgIpc) is 2.63. The fraction of sp³-hybridized carbons (Fsp3) is 0.167. The predicted molar refractivity (Wildman–Crippen MR) is 99.4 cm³/mol. The van der Waals surface area contributed by atoms with Gasteiger partial charge < -0.3 is 15.4 Å². The highest BCUT2D eigenvalue weighted by Gasteiger charge is 2.20. The van der Waals surface area contributed by atoms with Gasteiger partial charge in [-0.15, -0.1) is 0 Å². The molecule has 2 rings (SSSR count).